The van der Waals surface area contributed by atoms with Crippen LogP contribution in [0.4, 0.5) is 5.69 Å². The normalized spacial score (nSPS) is 12.9. The lowest BCUT2D eigenvalue weighted by Crippen LogP contribution is -2.02. The number of anilines is 1. The van der Waals surface area contributed by atoms with Gasteiger partial charge in [0.2, 0.25) is 0 Å². The number of rotatable bonds is 1. The first kappa shape index (κ1) is 14.2. The van der Waals surface area contributed by atoms with Crippen molar-refractivity contribution in [1.29, 1.82) is 0 Å². The van der Waals surface area contributed by atoms with Gasteiger partial charge in [0.25, 0.3) is 0 Å². The lowest BCUT2D eigenvalue weighted by molar-refractivity contribution is 1.41. The standard InChI is InChI=1S/C18H13NS.BrH/c1-2-6-14-11-15(10-9-13(14)5-1)17-12-20-18-8-4-3-7-16(18)19-17;/h1-12,19H;1H. The van der Waals surface area contributed by atoms with E-state index in [2.05, 4.69) is 77.5 Å². The van der Waals surface area contributed by atoms with Crippen molar-refractivity contribution in [1.82, 2.24) is 0 Å². The van der Waals surface area contributed by atoms with Crippen LogP contribution in [0.15, 0.2) is 77.0 Å². The van der Waals surface area contributed by atoms with E-state index in [4.69, 9.17) is 0 Å². The Kier molecular flexibility index (Phi) is 4.04. The van der Waals surface area contributed by atoms with Gasteiger partial charge in [0, 0.05) is 10.3 Å². The van der Waals surface area contributed by atoms with E-state index >= 15 is 0 Å². The first-order valence-electron chi connectivity index (χ1n) is 6.62. The van der Waals surface area contributed by atoms with E-state index in [1.54, 1.807) is 11.8 Å². The van der Waals surface area contributed by atoms with Crippen molar-refractivity contribution in [2.75, 3.05) is 5.32 Å². The molecule has 3 heteroatoms. The molecule has 0 aromatic heterocycles. The minimum Gasteiger partial charge on any atom is -0.354 e. The van der Waals surface area contributed by atoms with Crippen LogP contribution in [-0.2, 0) is 0 Å². The number of benzene rings is 3. The molecule has 0 amide bonds. The molecule has 0 radical (unpaired) electrons. The molecule has 0 unspecified atom stereocenters. The summed E-state index contributed by atoms with van der Waals surface area (Å²) in [6.45, 7) is 0. The fraction of sp³-hybridized carbons (Fsp3) is 0. The highest BCUT2D eigenvalue weighted by molar-refractivity contribution is 8.93. The van der Waals surface area contributed by atoms with Crippen LogP contribution < -0.4 is 5.32 Å². The maximum Gasteiger partial charge on any atom is 0.0526 e. The third-order valence-corrected chi connectivity index (χ3v) is 4.48. The molecular weight excluding hydrogens is 342 g/mol. The third kappa shape index (κ3) is 2.71. The molecule has 3 aromatic rings. The summed E-state index contributed by atoms with van der Waals surface area (Å²) in [6, 6.07) is 23.5. The number of fused-ring (bicyclic) bond motifs is 2. The molecule has 0 fully saturated rings. The van der Waals surface area contributed by atoms with Gasteiger partial charge in [0.05, 0.1) is 11.4 Å². The first-order chi connectivity index (χ1) is 9.90. The fourth-order valence-electron chi connectivity index (χ4n) is 2.47. The molecule has 0 bridgehead atoms. The highest BCUT2D eigenvalue weighted by Crippen LogP contribution is 2.37. The number of nitrogens with one attached hydrogen (secondary N) is 1. The number of hydrogen-bond donors (Lipinski definition) is 1. The third-order valence-electron chi connectivity index (χ3n) is 3.52. The van der Waals surface area contributed by atoms with Crippen LogP contribution in [0.2, 0.25) is 0 Å². The van der Waals surface area contributed by atoms with Crippen LogP contribution in [0.5, 0.6) is 0 Å². The smallest absolute Gasteiger partial charge is 0.0526 e. The van der Waals surface area contributed by atoms with Gasteiger partial charge in [-0.05, 0) is 34.5 Å². The fourth-order valence-corrected chi connectivity index (χ4v) is 3.31. The second kappa shape index (κ2) is 5.96. The average molecular weight is 356 g/mol. The SMILES string of the molecule is Br.C1=C(c2ccc3ccccc3c2)Nc2ccccc2S1. The van der Waals surface area contributed by atoms with E-state index in [1.807, 2.05) is 0 Å². The van der Waals surface area contributed by atoms with Crippen LogP contribution in [0.3, 0.4) is 0 Å². The maximum atomic E-state index is 3.52. The molecular formula is C18H14BrNS. The Morgan fingerprint density at radius 2 is 1.52 bits per heavy atom. The van der Waals surface area contributed by atoms with E-state index in [0.717, 1.165) is 0 Å². The Morgan fingerprint density at radius 3 is 2.43 bits per heavy atom. The predicted octanol–water partition coefficient (Wildman–Crippen LogP) is 5.93. The van der Waals surface area contributed by atoms with Crippen molar-refractivity contribution < 1.29 is 0 Å². The second-order valence-electron chi connectivity index (χ2n) is 4.83. The number of para-hydroxylation sites is 1. The van der Waals surface area contributed by atoms with Crippen molar-refractivity contribution in [2.24, 2.45) is 0 Å². The van der Waals surface area contributed by atoms with Gasteiger partial charge < -0.3 is 5.32 Å². The monoisotopic (exact) mass is 355 g/mol. The second-order valence-corrected chi connectivity index (χ2v) is 5.74. The molecule has 104 valence electrons. The van der Waals surface area contributed by atoms with E-state index in [0.29, 0.717) is 0 Å². The van der Waals surface area contributed by atoms with Crippen molar-refractivity contribution in [3.63, 3.8) is 0 Å². The van der Waals surface area contributed by atoms with Crippen LogP contribution >= 0.6 is 28.7 Å². The molecule has 1 N–H and O–H groups in total. The predicted molar refractivity (Wildman–Crippen MR) is 98.2 cm³/mol. The summed E-state index contributed by atoms with van der Waals surface area (Å²) in [4.78, 5) is 1.28. The zero-order chi connectivity index (χ0) is 13.4. The molecule has 4 rings (SSSR count). The molecule has 0 aliphatic carbocycles. The van der Waals surface area contributed by atoms with Gasteiger partial charge >= 0.3 is 0 Å². The minimum atomic E-state index is 0. The van der Waals surface area contributed by atoms with Crippen molar-refractivity contribution in [3.8, 4) is 0 Å². The van der Waals surface area contributed by atoms with E-state index in [1.165, 1.54) is 32.6 Å². The first-order valence-corrected chi connectivity index (χ1v) is 7.50. The van der Waals surface area contributed by atoms with Gasteiger partial charge in [0.1, 0.15) is 0 Å². The quantitative estimate of drug-likeness (QED) is 0.580. The topological polar surface area (TPSA) is 12.0 Å². The molecule has 1 nitrogen and oxygen atoms in total. The summed E-state index contributed by atoms with van der Waals surface area (Å²) in [5.74, 6) is 0. The molecule has 0 spiro atoms. The molecule has 0 saturated heterocycles. The highest BCUT2D eigenvalue weighted by atomic mass is 79.9. The zero-order valence-electron chi connectivity index (χ0n) is 11.2. The summed E-state index contributed by atoms with van der Waals surface area (Å²) in [7, 11) is 0. The maximum absolute atomic E-state index is 3.52. The van der Waals surface area contributed by atoms with Crippen molar-refractivity contribution in [2.45, 2.75) is 4.90 Å². The van der Waals surface area contributed by atoms with Crippen LogP contribution in [0.25, 0.3) is 16.5 Å². The Morgan fingerprint density at radius 1 is 0.762 bits per heavy atom. The molecule has 1 heterocycles. The van der Waals surface area contributed by atoms with Crippen molar-refractivity contribution >= 4 is 50.9 Å². The van der Waals surface area contributed by atoms with Crippen LogP contribution in [0.1, 0.15) is 5.56 Å². The lowest BCUT2D eigenvalue weighted by Gasteiger charge is -2.19. The van der Waals surface area contributed by atoms with Gasteiger partial charge in [0.15, 0.2) is 0 Å². The van der Waals surface area contributed by atoms with Gasteiger partial charge in [-0.1, -0.05) is 60.3 Å². The Balaban J connectivity index is 0.00000132. The van der Waals surface area contributed by atoms with Gasteiger partial charge in [-0.3, -0.25) is 0 Å². The summed E-state index contributed by atoms with van der Waals surface area (Å²) >= 11 is 1.77. The van der Waals surface area contributed by atoms with Crippen LogP contribution in [-0.4, -0.2) is 0 Å². The lowest BCUT2D eigenvalue weighted by atomic mass is 10.1. The molecule has 3 aromatic carbocycles. The summed E-state index contributed by atoms with van der Waals surface area (Å²) in [6.07, 6.45) is 0. The average Bonchev–Trinajstić information content (AvgIpc) is 2.54. The summed E-state index contributed by atoms with van der Waals surface area (Å²) < 4.78 is 0. The molecule has 0 atom stereocenters. The van der Waals surface area contributed by atoms with Crippen LogP contribution in [0, 0.1) is 0 Å². The molecule has 1 aliphatic rings. The number of thioether (sulfide) groups is 1. The van der Waals surface area contributed by atoms with Gasteiger partial charge in [-0.15, -0.1) is 17.0 Å². The highest BCUT2D eigenvalue weighted by Gasteiger charge is 2.11. The van der Waals surface area contributed by atoms with Gasteiger partial charge in [-0.25, -0.2) is 0 Å². The minimum absolute atomic E-state index is 0. The van der Waals surface area contributed by atoms with E-state index in [-0.39, 0.29) is 17.0 Å². The van der Waals surface area contributed by atoms with E-state index in [9.17, 15) is 0 Å². The molecule has 0 saturated carbocycles. The molecule has 21 heavy (non-hydrogen) atoms. The summed E-state index contributed by atoms with van der Waals surface area (Å²) in [5, 5.41) is 8.26. The number of halogens is 1. The molecule has 1 aliphatic heterocycles. The Hall–Kier alpha value is -1.71. The number of hydrogen-bond acceptors (Lipinski definition) is 2. The van der Waals surface area contributed by atoms with Gasteiger partial charge in [-0.2, -0.15) is 0 Å². The Labute approximate surface area is 138 Å². The van der Waals surface area contributed by atoms with Crippen molar-refractivity contribution in [3.05, 3.63) is 77.7 Å². The zero-order valence-corrected chi connectivity index (χ0v) is 13.8. The summed E-state index contributed by atoms with van der Waals surface area (Å²) in [5.41, 5.74) is 3.58. The largest absolute Gasteiger partial charge is 0.354 e. The Bertz CT molecular complexity index is 826. The van der Waals surface area contributed by atoms with E-state index < -0.39 is 0 Å².